The summed E-state index contributed by atoms with van der Waals surface area (Å²) in [5.74, 6) is 0. The Morgan fingerprint density at radius 1 is 1.00 bits per heavy atom. The monoisotopic (exact) mass is 249 g/mol. The van der Waals surface area contributed by atoms with Crippen LogP contribution in [0, 0.1) is 0 Å². The highest BCUT2D eigenvalue weighted by molar-refractivity contribution is 9.09. The van der Waals surface area contributed by atoms with Gasteiger partial charge < -0.3 is 5.32 Å². The fourth-order valence-electron chi connectivity index (χ4n) is 1.54. The van der Waals surface area contributed by atoms with Crippen molar-refractivity contribution < 1.29 is 0 Å². The first-order chi connectivity index (χ1) is 6.90. The summed E-state index contributed by atoms with van der Waals surface area (Å²) in [5, 5.41) is 5.85. The second-order valence-corrected chi connectivity index (χ2v) is 3.80. The SMILES string of the molecule is BrCNCc1ccc2ccccc2c1. The van der Waals surface area contributed by atoms with E-state index in [2.05, 4.69) is 63.7 Å². The van der Waals surface area contributed by atoms with Crippen molar-refractivity contribution in [3.8, 4) is 0 Å². The van der Waals surface area contributed by atoms with Crippen LogP contribution in [0.5, 0.6) is 0 Å². The van der Waals surface area contributed by atoms with Crippen LogP contribution in [0.4, 0.5) is 0 Å². The van der Waals surface area contributed by atoms with E-state index in [0.717, 1.165) is 12.0 Å². The summed E-state index contributed by atoms with van der Waals surface area (Å²) < 4.78 is 0. The molecule has 0 saturated heterocycles. The predicted molar refractivity (Wildman–Crippen MR) is 64.6 cm³/mol. The molecule has 0 bridgehead atoms. The Labute approximate surface area is 92.3 Å². The van der Waals surface area contributed by atoms with Crippen LogP contribution in [0.15, 0.2) is 42.5 Å². The van der Waals surface area contributed by atoms with Gasteiger partial charge in [-0.1, -0.05) is 52.3 Å². The lowest BCUT2D eigenvalue weighted by molar-refractivity contribution is 0.803. The van der Waals surface area contributed by atoms with Gasteiger partial charge in [0, 0.05) is 6.54 Å². The molecule has 0 radical (unpaired) electrons. The number of nitrogens with one attached hydrogen (secondary N) is 1. The minimum absolute atomic E-state index is 0.833. The zero-order valence-corrected chi connectivity index (χ0v) is 9.42. The predicted octanol–water partition coefficient (Wildman–Crippen LogP) is 3.28. The summed E-state index contributed by atoms with van der Waals surface area (Å²) in [6.07, 6.45) is 0. The summed E-state index contributed by atoms with van der Waals surface area (Å²) in [5.41, 5.74) is 2.16. The van der Waals surface area contributed by atoms with Crippen LogP contribution in [0.2, 0.25) is 0 Å². The molecule has 2 rings (SSSR count). The Hall–Kier alpha value is -0.860. The van der Waals surface area contributed by atoms with Crippen molar-refractivity contribution >= 4 is 26.7 Å². The van der Waals surface area contributed by atoms with Crippen molar-refractivity contribution in [3.63, 3.8) is 0 Å². The highest BCUT2D eigenvalue weighted by Crippen LogP contribution is 2.15. The zero-order chi connectivity index (χ0) is 9.80. The molecule has 0 atom stereocenters. The molecule has 2 aromatic carbocycles. The molecule has 0 unspecified atom stereocenters. The second-order valence-electron chi connectivity index (χ2n) is 3.24. The Kier molecular flexibility index (Phi) is 3.17. The molecule has 14 heavy (non-hydrogen) atoms. The minimum atomic E-state index is 0.833. The molecule has 1 nitrogen and oxygen atoms in total. The third kappa shape index (κ3) is 2.14. The van der Waals surface area contributed by atoms with Gasteiger partial charge in [0.25, 0.3) is 0 Å². The van der Waals surface area contributed by atoms with Crippen molar-refractivity contribution in [1.29, 1.82) is 0 Å². The largest absolute Gasteiger partial charge is 0.303 e. The second kappa shape index (κ2) is 4.58. The van der Waals surface area contributed by atoms with Gasteiger partial charge in [-0.15, -0.1) is 0 Å². The van der Waals surface area contributed by atoms with Gasteiger partial charge in [0.05, 0.1) is 5.45 Å². The summed E-state index contributed by atoms with van der Waals surface area (Å²) >= 11 is 3.35. The standard InChI is InChI=1S/C12H12BrN/c13-9-14-8-10-5-6-11-3-1-2-4-12(11)7-10/h1-7,14H,8-9H2. The maximum absolute atomic E-state index is 3.35. The van der Waals surface area contributed by atoms with Crippen LogP contribution in [0.3, 0.4) is 0 Å². The lowest BCUT2D eigenvalue weighted by Gasteiger charge is -2.03. The number of hydrogen-bond acceptors (Lipinski definition) is 1. The number of alkyl halides is 1. The molecule has 0 spiro atoms. The Morgan fingerprint density at radius 2 is 1.79 bits per heavy atom. The molecule has 0 heterocycles. The van der Waals surface area contributed by atoms with E-state index in [1.165, 1.54) is 16.3 Å². The van der Waals surface area contributed by atoms with Crippen LogP contribution in [0.1, 0.15) is 5.56 Å². The third-order valence-corrected chi connectivity index (χ3v) is 2.63. The first-order valence-corrected chi connectivity index (χ1v) is 5.76. The summed E-state index contributed by atoms with van der Waals surface area (Å²) in [7, 11) is 0. The van der Waals surface area contributed by atoms with Crippen molar-refractivity contribution in [1.82, 2.24) is 5.32 Å². The fourth-order valence-corrected chi connectivity index (χ4v) is 1.74. The first kappa shape index (κ1) is 9.69. The molecule has 72 valence electrons. The number of benzene rings is 2. The smallest absolute Gasteiger partial charge is 0.0519 e. The third-order valence-electron chi connectivity index (χ3n) is 2.24. The Bertz CT molecular complexity index is 425. The maximum Gasteiger partial charge on any atom is 0.0519 e. The molecule has 0 aromatic heterocycles. The lowest BCUT2D eigenvalue weighted by atomic mass is 10.1. The van der Waals surface area contributed by atoms with Crippen LogP contribution in [-0.2, 0) is 6.54 Å². The highest BCUT2D eigenvalue weighted by Gasteiger charge is 1.94. The van der Waals surface area contributed by atoms with E-state index in [0.29, 0.717) is 0 Å². The van der Waals surface area contributed by atoms with E-state index < -0.39 is 0 Å². The molecule has 0 aliphatic rings. The van der Waals surface area contributed by atoms with Crippen molar-refractivity contribution in [2.75, 3.05) is 5.45 Å². The number of halogens is 1. The van der Waals surface area contributed by atoms with Crippen molar-refractivity contribution in [3.05, 3.63) is 48.0 Å². The summed E-state index contributed by atoms with van der Waals surface area (Å²) in [6, 6.07) is 15.0. The van der Waals surface area contributed by atoms with Crippen LogP contribution in [0.25, 0.3) is 10.8 Å². The summed E-state index contributed by atoms with van der Waals surface area (Å²) in [4.78, 5) is 0. The average Bonchev–Trinajstić information content (AvgIpc) is 2.26. The van der Waals surface area contributed by atoms with Crippen LogP contribution in [-0.4, -0.2) is 5.45 Å². The number of fused-ring (bicyclic) bond motifs is 1. The Balaban J connectivity index is 2.32. The first-order valence-electron chi connectivity index (χ1n) is 4.64. The van der Waals surface area contributed by atoms with E-state index in [4.69, 9.17) is 0 Å². The molecular weight excluding hydrogens is 238 g/mol. The van der Waals surface area contributed by atoms with Crippen molar-refractivity contribution in [2.45, 2.75) is 6.54 Å². The number of rotatable bonds is 3. The van der Waals surface area contributed by atoms with Crippen LogP contribution >= 0.6 is 15.9 Å². The normalized spacial score (nSPS) is 10.6. The molecule has 0 amide bonds. The quantitative estimate of drug-likeness (QED) is 0.651. The highest BCUT2D eigenvalue weighted by atomic mass is 79.9. The molecule has 2 aromatic rings. The van der Waals surface area contributed by atoms with E-state index in [1.54, 1.807) is 0 Å². The van der Waals surface area contributed by atoms with E-state index >= 15 is 0 Å². The topological polar surface area (TPSA) is 12.0 Å². The number of hydrogen-bond donors (Lipinski definition) is 1. The van der Waals surface area contributed by atoms with Gasteiger partial charge >= 0.3 is 0 Å². The van der Waals surface area contributed by atoms with Gasteiger partial charge in [0.1, 0.15) is 0 Å². The maximum atomic E-state index is 3.35. The van der Waals surface area contributed by atoms with Gasteiger partial charge in [0.15, 0.2) is 0 Å². The fraction of sp³-hybridized carbons (Fsp3) is 0.167. The molecule has 0 aliphatic heterocycles. The molecule has 2 heteroatoms. The molecule has 1 N–H and O–H groups in total. The molecule has 0 aliphatic carbocycles. The van der Waals surface area contributed by atoms with E-state index in [9.17, 15) is 0 Å². The van der Waals surface area contributed by atoms with Gasteiger partial charge in [-0.2, -0.15) is 0 Å². The van der Waals surface area contributed by atoms with Crippen LogP contribution < -0.4 is 5.32 Å². The van der Waals surface area contributed by atoms with E-state index in [-0.39, 0.29) is 0 Å². The molecule has 0 fully saturated rings. The van der Waals surface area contributed by atoms with Gasteiger partial charge in [-0.05, 0) is 22.4 Å². The van der Waals surface area contributed by atoms with Crippen molar-refractivity contribution in [2.24, 2.45) is 0 Å². The van der Waals surface area contributed by atoms with Gasteiger partial charge in [-0.25, -0.2) is 0 Å². The molecular formula is C12H12BrN. The minimum Gasteiger partial charge on any atom is -0.303 e. The Morgan fingerprint density at radius 3 is 2.57 bits per heavy atom. The zero-order valence-electron chi connectivity index (χ0n) is 7.83. The van der Waals surface area contributed by atoms with Gasteiger partial charge in [-0.3, -0.25) is 0 Å². The summed E-state index contributed by atoms with van der Waals surface area (Å²) in [6.45, 7) is 0.913. The lowest BCUT2D eigenvalue weighted by Crippen LogP contribution is -2.09. The molecule has 0 saturated carbocycles. The van der Waals surface area contributed by atoms with E-state index in [1.807, 2.05) is 0 Å². The van der Waals surface area contributed by atoms with Gasteiger partial charge in [0.2, 0.25) is 0 Å². The average molecular weight is 250 g/mol.